The molecule has 0 fully saturated rings. The van der Waals surface area contributed by atoms with E-state index in [1.807, 2.05) is 78.3 Å². The van der Waals surface area contributed by atoms with Gasteiger partial charge in [-0.25, -0.2) is 4.98 Å². The van der Waals surface area contributed by atoms with Crippen molar-refractivity contribution in [1.29, 1.82) is 0 Å². The lowest BCUT2D eigenvalue weighted by Gasteiger charge is -2.08. The van der Waals surface area contributed by atoms with Gasteiger partial charge in [0.2, 0.25) is 0 Å². The number of pyridine rings is 1. The second-order valence-electron chi connectivity index (χ2n) is 7.57. The maximum absolute atomic E-state index is 13.2. The van der Waals surface area contributed by atoms with Crippen LogP contribution >= 0.6 is 11.6 Å². The van der Waals surface area contributed by atoms with E-state index in [1.165, 1.54) is 0 Å². The van der Waals surface area contributed by atoms with Gasteiger partial charge in [0.15, 0.2) is 0 Å². The van der Waals surface area contributed by atoms with Crippen molar-refractivity contribution in [2.75, 3.05) is 5.32 Å². The second-order valence-corrected chi connectivity index (χ2v) is 7.98. The molecule has 1 N–H and O–H groups in total. The first-order valence-corrected chi connectivity index (χ1v) is 10.5. The van der Waals surface area contributed by atoms with Crippen molar-refractivity contribution in [2.24, 2.45) is 0 Å². The van der Waals surface area contributed by atoms with Crippen LogP contribution in [0.1, 0.15) is 21.7 Å². The van der Waals surface area contributed by atoms with E-state index in [-0.39, 0.29) is 5.91 Å². The molecule has 5 aromatic rings. The third-order valence-corrected chi connectivity index (χ3v) is 5.58. The molecule has 0 aliphatic carbocycles. The first kappa shape index (κ1) is 20.0. The van der Waals surface area contributed by atoms with Crippen LogP contribution in [0.4, 0.5) is 5.69 Å². The fourth-order valence-corrected chi connectivity index (χ4v) is 3.87. The summed E-state index contributed by atoms with van der Waals surface area (Å²) in [5.41, 5.74) is 5.80. The van der Waals surface area contributed by atoms with Crippen LogP contribution in [0.15, 0.2) is 77.6 Å². The first-order valence-electron chi connectivity index (χ1n) is 10.1. The number of aryl methyl sites for hydroxylation is 2. The van der Waals surface area contributed by atoms with Gasteiger partial charge in [0.25, 0.3) is 5.91 Å². The Morgan fingerprint density at radius 2 is 1.91 bits per heavy atom. The van der Waals surface area contributed by atoms with E-state index in [0.29, 0.717) is 33.3 Å². The van der Waals surface area contributed by atoms with Gasteiger partial charge in [-0.05, 0) is 49.7 Å². The number of benzene rings is 2. The molecule has 5 rings (SSSR count). The van der Waals surface area contributed by atoms with Crippen LogP contribution < -0.4 is 5.32 Å². The molecule has 0 aliphatic heterocycles. The van der Waals surface area contributed by atoms with Crippen LogP contribution in [-0.4, -0.2) is 20.4 Å². The van der Waals surface area contributed by atoms with Crippen molar-refractivity contribution in [2.45, 2.75) is 13.8 Å². The number of aromatic nitrogens is 3. The molecule has 0 bridgehead atoms. The summed E-state index contributed by atoms with van der Waals surface area (Å²) in [6, 6.07) is 18.9. The highest BCUT2D eigenvalue weighted by molar-refractivity contribution is 6.33. The predicted octanol–water partition coefficient (Wildman–Crippen LogP) is 6.18. The molecular formula is C25H19ClN4O2. The highest BCUT2D eigenvalue weighted by atomic mass is 35.5. The van der Waals surface area contributed by atoms with Gasteiger partial charge >= 0.3 is 0 Å². The molecular weight excluding hydrogens is 424 g/mol. The van der Waals surface area contributed by atoms with Crippen molar-refractivity contribution in [3.8, 4) is 22.5 Å². The van der Waals surface area contributed by atoms with E-state index in [4.69, 9.17) is 21.1 Å². The number of amides is 1. The number of carbonyl (C=O) groups is 1. The standard InChI is InChI=1S/C25H19ClN4O2/c1-15-10-11-30-14-21(28-22(30)12-15)17-6-5-7-18(13-17)27-25(31)23-16(2)32-29-24(23)19-8-3-4-9-20(19)26/h3-14H,1-2H3,(H,27,31). The summed E-state index contributed by atoms with van der Waals surface area (Å²) in [7, 11) is 0. The van der Waals surface area contributed by atoms with Gasteiger partial charge in [0.05, 0.1) is 10.7 Å². The molecule has 6 nitrogen and oxygen atoms in total. The summed E-state index contributed by atoms with van der Waals surface area (Å²) in [5.74, 6) is 0.103. The monoisotopic (exact) mass is 442 g/mol. The maximum Gasteiger partial charge on any atom is 0.261 e. The van der Waals surface area contributed by atoms with Crippen LogP contribution in [0.5, 0.6) is 0 Å². The number of fused-ring (bicyclic) bond motifs is 1. The molecule has 0 saturated heterocycles. The summed E-state index contributed by atoms with van der Waals surface area (Å²) in [6.07, 6.45) is 3.95. The lowest BCUT2D eigenvalue weighted by molar-refractivity contribution is 0.102. The van der Waals surface area contributed by atoms with Crippen molar-refractivity contribution >= 4 is 28.8 Å². The third kappa shape index (κ3) is 3.65. The highest BCUT2D eigenvalue weighted by Gasteiger charge is 2.23. The molecule has 158 valence electrons. The number of carbonyl (C=O) groups excluding carboxylic acids is 1. The van der Waals surface area contributed by atoms with Crippen LogP contribution in [-0.2, 0) is 0 Å². The lowest BCUT2D eigenvalue weighted by atomic mass is 10.1. The molecule has 0 radical (unpaired) electrons. The summed E-state index contributed by atoms with van der Waals surface area (Å²) < 4.78 is 7.29. The summed E-state index contributed by atoms with van der Waals surface area (Å²) in [5, 5.41) is 7.52. The number of nitrogens with zero attached hydrogens (tertiary/aromatic N) is 3. The predicted molar refractivity (Wildman–Crippen MR) is 125 cm³/mol. The molecule has 0 atom stereocenters. The Hall–Kier alpha value is -3.90. The maximum atomic E-state index is 13.2. The van der Waals surface area contributed by atoms with E-state index in [1.54, 1.807) is 13.0 Å². The molecule has 0 saturated carbocycles. The second kappa shape index (κ2) is 7.98. The van der Waals surface area contributed by atoms with E-state index < -0.39 is 0 Å². The van der Waals surface area contributed by atoms with E-state index in [9.17, 15) is 4.79 Å². The largest absolute Gasteiger partial charge is 0.360 e. The third-order valence-electron chi connectivity index (χ3n) is 5.25. The van der Waals surface area contributed by atoms with Gasteiger partial charge in [0.1, 0.15) is 22.7 Å². The van der Waals surface area contributed by atoms with Crippen molar-refractivity contribution in [3.05, 3.63) is 95.0 Å². The molecule has 1 amide bonds. The minimum absolute atomic E-state index is 0.318. The van der Waals surface area contributed by atoms with Gasteiger partial charge in [-0.15, -0.1) is 0 Å². The quantitative estimate of drug-likeness (QED) is 0.360. The fourth-order valence-electron chi connectivity index (χ4n) is 3.65. The summed E-state index contributed by atoms with van der Waals surface area (Å²) >= 11 is 6.31. The minimum Gasteiger partial charge on any atom is -0.360 e. The van der Waals surface area contributed by atoms with E-state index >= 15 is 0 Å². The molecule has 32 heavy (non-hydrogen) atoms. The number of hydrogen-bond acceptors (Lipinski definition) is 4. The van der Waals surface area contributed by atoms with Crippen molar-refractivity contribution in [1.82, 2.24) is 14.5 Å². The number of imidazole rings is 1. The summed E-state index contributed by atoms with van der Waals surface area (Å²) in [4.78, 5) is 17.9. The van der Waals surface area contributed by atoms with Gasteiger partial charge in [-0.1, -0.05) is 47.1 Å². The zero-order chi connectivity index (χ0) is 22.2. The van der Waals surface area contributed by atoms with Crippen LogP contribution in [0.2, 0.25) is 5.02 Å². The Labute approximate surface area is 189 Å². The van der Waals surface area contributed by atoms with Crippen LogP contribution in [0.25, 0.3) is 28.2 Å². The highest BCUT2D eigenvalue weighted by Crippen LogP contribution is 2.32. The minimum atomic E-state index is -0.318. The van der Waals surface area contributed by atoms with Crippen molar-refractivity contribution < 1.29 is 9.32 Å². The van der Waals surface area contributed by atoms with Gasteiger partial charge in [-0.2, -0.15) is 0 Å². The van der Waals surface area contributed by atoms with Gasteiger partial charge < -0.3 is 14.2 Å². The number of halogens is 1. The Bertz CT molecular complexity index is 1470. The average Bonchev–Trinajstić information content (AvgIpc) is 3.37. The Morgan fingerprint density at radius 3 is 2.75 bits per heavy atom. The zero-order valence-corrected chi connectivity index (χ0v) is 18.2. The fraction of sp³-hybridized carbons (Fsp3) is 0.0800. The topological polar surface area (TPSA) is 72.4 Å². The number of nitrogens with one attached hydrogen (secondary N) is 1. The zero-order valence-electron chi connectivity index (χ0n) is 17.5. The number of anilines is 1. The normalized spacial score (nSPS) is 11.1. The van der Waals surface area contributed by atoms with Gasteiger partial charge in [-0.3, -0.25) is 4.79 Å². The van der Waals surface area contributed by atoms with Gasteiger partial charge in [0, 0.05) is 29.2 Å². The van der Waals surface area contributed by atoms with E-state index in [2.05, 4.69) is 10.5 Å². The lowest BCUT2D eigenvalue weighted by Crippen LogP contribution is -2.13. The molecule has 3 aromatic heterocycles. The number of rotatable bonds is 4. The van der Waals surface area contributed by atoms with Crippen molar-refractivity contribution in [3.63, 3.8) is 0 Å². The van der Waals surface area contributed by atoms with Crippen LogP contribution in [0, 0.1) is 13.8 Å². The summed E-state index contributed by atoms with van der Waals surface area (Å²) in [6.45, 7) is 3.74. The smallest absolute Gasteiger partial charge is 0.261 e. The molecule has 3 heterocycles. The van der Waals surface area contributed by atoms with Crippen LogP contribution in [0.3, 0.4) is 0 Å². The number of hydrogen-bond donors (Lipinski definition) is 1. The Morgan fingerprint density at radius 1 is 1.06 bits per heavy atom. The Kier molecular flexibility index (Phi) is 4.99. The molecule has 2 aromatic carbocycles. The SMILES string of the molecule is Cc1ccn2cc(-c3cccc(NC(=O)c4c(-c5ccccc5Cl)noc4C)c3)nc2c1. The molecule has 0 unspecified atom stereocenters. The molecule has 0 spiro atoms. The Balaban J connectivity index is 1.46. The van der Waals surface area contributed by atoms with E-state index in [0.717, 1.165) is 22.5 Å². The first-order chi connectivity index (χ1) is 15.5. The average molecular weight is 443 g/mol. The molecule has 0 aliphatic rings. The molecule has 7 heteroatoms.